The molecule has 0 spiro atoms. The first-order valence-electron chi connectivity index (χ1n) is 8.02. The fraction of sp³-hybridized carbons (Fsp3) is 0.611. The van der Waals surface area contributed by atoms with E-state index in [1.54, 1.807) is 14.2 Å². The van der Waals surface area contributed by atoms with Crippen LogP contribution in [0.1, 0.15) is 54.4 Å². The van der Waals surface area contributed by atoms with Crippen LogP contribution in [0, 0.1) is 11.8 Å². The molecule has 2 aliphatic rings. The molecule has 21 heavy (non-hydrogen) atoms. The number of rotatable bonds is 4. The summed E-state index contributed by atoms with van der Waals surface area (Å²) in [5, 5.41) is 0. The zero-order chi connectivity index (χ0) is 14.8. The maximum Gasteiger partial charge on any atom is 0.166 e. The first-order valence-corrected chi connectivity index (χ1v) is 8.02. The monoisotopic (exact) mass is 288 g/mol. The lowest BCUT2D eigenvalue weighted by molar-refractivity contribution is 0.0911. The average Bonchev–Trinajstić information content (AvgIpc) is 2.82. The summed E-state index contributed by atoms with van der Waals surface area (Å²) in [5.74, 6) is 2.59. The van der Waals surface area contributed by atoms with Crippen molar-refractivity contribution in [1.29, 1.82) is 0 Å². The van der Waals surface area contributed by atoms with Gasteiger partial charge in [0, 0.05) is 11.5 Å². The summed E-state index contributed by atoms with van der Waals surface area (Å²) < 4.78 is 10.7. The molecular weight excluding hydrogens is 264 g/mol. The van der Waals surface area contributed by atoms with E-state index >= 15 is 0 Å². The van der Waals surface area contributed by atoms with E-state index in [2.05, 4.69) is 0 Å². The number of hydrogen-bond acceptors (Lipinski definition) is 3. The summed E-state index contributed by atoms with van der Waals surface area (Å²) in [6, 6.07) is 3.84. The average molecular weight is 288 g/mol. The van der Waals surface area contributed by atoms with E-state index < -0.39 is 0 Å². The Hall–Kier alpha value is -1.51. The Kier molecular flexibility index (Phi) is 4.18. The second-order valence-electron chi connectivity index (χ2n) is 6.37. The normalized spacial score (nSPS) is 22.2. The van der Waals surface area contributed by atoms with Crippen LogP contribution in [0.3, 0.4) is 0 Å². The molecule has 0 heterocycles. The Bertz CT molecular complexity index is 530. The summed E-state index contributed by atoms with van der Waals surface area (Å²) in [4.78, 5) is 12.6. The number of fused-ring (bicyclic) bond motifs is 1. The van der Waals surface area contributed by atoms with E-state index in [9.17, 15) is 4.79 Å². The molecule has 0 aromatic heterocycles. The molecule has 0 bridgehead atoms. The largest absolute Gasteiger partial charge is 0.493 e. The molecule has 1 unspecified atom stereocenters. The van der Waals surface area contributed by atoms with Gasteiger partial charge in [-0.3, -0.25) is 4.79 Å². The number of methoxy groups -OCH3 is 2. The molecule has 114 valence electrons. The van der Waals surface area contributed by atoms with Crippen LogP contribution in [-0.2, 0) is 6.42 Å². The van der Waals surface area contributed by atoms with Crippen LogP contribution in [0.5, 0.6) is 11.5 Å². The van der Waals surface area contributed by atoms with Gasteiger partial charge in [-0.1, -0.05) is 32.1 Å². The molecule has 1 fully saturated rings. The van der Waals surface area contributed by atoms with E-state index in [0.29, 0.717) is 11.5 Å². The number of ketones is 1. The molecule has 3 heteroatoms. The van der Waals surface area contributed by atoms with Gasteiger partial charge in [-0.05, 0) is 36.5 Å². The summed E-state index contributed by atoms with van der Waals surface area (Å²) in [6.07, 6.45) is 8.55. The Labute approximate surface area is 126 Å². The summed E-state index contributed by atoms with van der Waals surface area (Å²) >= 11 is 0. The molecule has 0 amide bonds. The molecule has 1 atom stereocenters. The molecule has 0 saturated heterocycles. The summed E-state index contributed by atoms with van der Waals surface area (Å²) in [6.45, 7) is 0. The first-order chi connectivity index (χ1) is 10.2. The van der Waals surface area contributed by atoms with Crippen molar-refractivity contribution in [2.24, 2.45) is 11.8 Å². The number of Topliss-reactive ketones (excluding diaryl/α,β-unsaturated/α-hetero) is 1. The number of carbonyl (C=O) groups is 1. The van der Waals surface area contributed by atoms with Crippen molar-refractivity contribution in [2.45, 2.75) is 44.9 Å². The van der Waals surface area contributed by atoms with Crippen LogP contribution >= 0.6 is 0 Å². The van der Waals surface area contributed by atoms with Gasteiger partial charge in [0.25, 0.3) is 0 Å². The lowest BCUT2D eigenvalue weighted by atomic mass is 9.81. The Morgan fingerprint density at radius 1 is 1.05 bits per heavy atom. The molecule has 1 aromatic carbocycles. The number of hydrogen-bond donors (Lipinski definition) is 0. The van der Waals surface area contributed by atoms with E-state index in [1.807, 2.05) is 12.1 Å². The van der Waals surface area contributed by atoms with Gasteiger partial charge in [0.15, 0.2) is 17.3 Å². The highest BCUT2D eigenvalue weighted by Crippen LogP contribution is 2.40. The smallest absolute Gasteiger partial charge is 0.166 e. The van der Waals surface area contributed by atoms with Gasteiger partial charge in [-0.2, -0.15) is 0 Å². The second kappa shape index (κ2) is 6.08. The van der Waals surface area contributed by atoms with Crippen molar-refractivity contribution >= 4 is 5.78 Å². The third-order valence-electron chi connectivity index (χ3n) is 5.05. The molecule has 0 N–H and O–H groups in total. The van der Waals surface area contributed by atoms with Crippen molar-refractivity contribution < 1.29 is 14.3 Å². The van der Waals surface area contributed by atoms with Crippen LogP contribution in [0.25, 0.3) is 0 Å². The van der Waals surface area contributed by atoms with Gasteiger partial charge in [-0.25, -0.2) is 0 Å². The van der Waals surface area contributed by atoms with E-state index in [0.717, 1.165) is 35.6 Å². The third-order valence-corrected chi connectivity index (χ3v) is 5.05. The Morgan fingerprint density at radius 3 is 2.38 bits per heavy atom. The molecule has 0 aliphatic heterocycles. The van der Waals surface area contributed by atoms with Crippen molar-refractivity contribution in [3.63, 3.8) is 0 Å². The number of carbonyl (C=O) groups excluding carboxylic acids is 1. The maximum absolute atomic E-state index is 12.6. The SMILES string of the molecule is COc1cc2c(cc1OC)C(=O)C(CC1CCCCC1)C2. The van der Waals surface area contributed by atoms with Crippen LogP contribution < -0.4 is 9.47 Å². The molecule has 0 radical (unpaired) electrons. The number of benzene rings is 1. The Balaban J connectivity index is 1.78. The lowest BCUT2D eigenvalue weighted by Gasteiger charge is -2.23. The minimum Gasteiger partial charge on any atom is -0.493 e. The molecule has 1 aromatic rings. The van der Waals surface area contributed by atoms with Crippen molar-refractivity contribution in [3.8, 4) is 11.5 Å². The second-order valence-corrected chi connectivity index (χ2v) is 6.37. The zero-order valence-electron chi connectivity index (χ0n) is 13.0. The first kappa shape index (κ1) is 14.4. The van der Waals surface area contributed by atoms with E-state index in [-0.39, 0.29) is 5.92 Å². The standard InChI is InChI=1S/C18H24O3/c1-20-16-10-13-9-14(8-12-6-4-3-5-7-12)18(19)15(13)11-17(16)21-2/h10-12,14H,3-9H2,1-2H3. The fourth-order valence-corrected chi connectivity index (χ4v) is 3.91. The van der Waals surface area contributed by atoms with Gasteiger partial charge < -0.3 is 9.47 Å². The highest BCUT2D eigenvalue weighted by atomic mass is 16.5. The van der Waals surface area contributed by atoms with Crippen molar-refractivity contribution in [2.75, 3.05) is 14.2 Å². The van der Waals surface area contributed by atoms with E-state index in [4.69, 9.17) is 9.47 Å². The molecule has 3 rings (SSSR count). The predicted molar refractivity (Wildman–Crippen MR) is 82.3 cm³/mol. The summed E-state index contributed by atoms with van der Waals surface area (Å²) in [5.41, 5.74) is 1.96. The van der Waals surface area contributed by atoms with Gasteiger partial charge in [-0.15, -0.1) is 0 Å². The van der Waals surface area contributed by atoms with Gasteiger partial charge in [0.1, 0.15) is 0 Å². The maximum atomic E-state index is 12.6. The molecule has 3 nitrogen and oxygen atoms in total. The third kappa shape index (κ3) is 2.78. The zero-order valence-corrected chi connectivity index (χ0v) is 13.0. The fourth-order valence-electron chi connectivity index (χ4n) is 3.91. The predicted octanol–water partition coefficient (Wildman–Crippen LogP) is 4.03. The van der Waals surface area contributed by atoms with Gasteiger partial charge in [0.2, 0.25) is 0 Å². The number of ether oxygens (including phenoxy) is 2. The van der Waals surface area contributed by atoms with E-state index in [1.165, 1.54) is 32.1 Å². The molecule has 2 aliphatic carbocycles. The molecular formula is C18H24O3. The van der Waals surface area contributed by atoms with Crippen LogP contribution in [0.15, 0.2) is 12.1 Å². The highest BCUT2D eigenvalue weighted by Gasteiger charge is 2.33. The Morgan fingerprint density at radius 2 is 1.71 bits per heavy atom. The molecule has 1 saturated carbocycles. The van der Waals surface area contributed by atoms with Crippen LogP contribution in [0.4, 0.5) is 0 Å². The van der Waals surface area contributed by atoms with Crippen LogP contribution in [0.2, 0.25) is 0 Å². The summed E-state index contributed by atoms with van der Waals surface area (Å²) in [7, 11) is 3.25. The van der Waals surface area contributed by atoms with Crippen molar-refractivity contribution in [1.82, 2.24) is 0 Å². The van der Waals surface area contributed by atoms with Crippen molar-refractivity contribution in [3.05, 3.63) is 23.3 Å². The topological polar surface area (TPSA) is 35.5 Å². The minimum atomic E-state index is 0.167. The highest BCUT2D eigenvalue weighted by molar-refractivity contribution is 6.02. The van der Waals surface area contributed by atoms with Gasteiger partial charge in [0.05, 0.1) is 14.2 Å². The van der Waals surface area contributed by atoms with Crippen LogP contribution in [-0.4, -0.2) is 20.0 Å². The minimum absolute atomic E-state index is 0.167. The van der Waals surface area contributed by atoms with Gasteiger partial charge >= 0.3 is 0 Å². The lowest BCUT2D eigenvalue weighted by Crippen LogP contribution is -2.16. The quantitative estimate of drug-likeness (QED) is 0.839.